The number of ether oxygens (including phenoxy) is 1. The molecule has 1 unspecified atom stereocenters. The van der Waals surface area contributed by atoms with Crippen molar-refractivity contribution in [2.45, 2.75) is 25.9 Å². The molecule has 2 N–H and O–H groups in total. The SMILES string of the molecule is CCCn1ncc(NCC2COCCN2)c(Br)c1=O. The van der Waals surface area contributed by atoms with Gasteiger partial charge in [-0.15, -0.1) is 0 Å². The van der Waals surface area contributed by atoms with Gasteiger partial charge in [-0.1, -0.05) is 6.92 Å². The van der Waals surface area contributed by atoms with E-state index >= 15 is 0 Å². The first kappa shape index (κ1) is 14.5. The maximum atomic E-state index is 12.0. The van der Waals surface area contributed by atoms with Gasteiger partial charge in [0, 0.05) is 25.7 Å². The first-order valence-electron chi connectivity index (χ1n) is 6.53. The zero-order valence-electron chi connectivity index (χ0n) is 11.0. The van der Waals surface area contributed by atoms with Crippen LogP contribution < -0.4 is 16.2 Å². The summed E-state index contributed by atoms with van der Waals surface area (Å²) in [5, 5.41) is 10.7. The Morgan fingerprint density at radius 2 is 2.53 bits per heavy atom. The second kappa shape index (κ2) is 7.02. The Kier molecular flexibility index (Phi) is 5.35. The van der Waals surface area contributed by atoms with Gasteiger partial charge in [-0.25, -0.2) is 4.68 Å². The molecule has 0 amide bonds. The second-order valence-electron chi connectivity index (χ2n) is 4.51. The number of rotatable bonds is 5. The zero-order valence-corrected chi connectivity index (χ0v) is 12.6. The van der Waals surface area contributed by atoms with Crippen molar-refractivity contribution < 1.29 is 4.74 Å². The molecule has 1 atom stereocenters. The minimum absolute atomic E-state index is 0.0975. The predicted molar refractivity (Wildman–Crippen MR) is 77.6 cm³/mol. The lowest BCUT2D eigenvalue weighted by molar-refractivity contribution is 0.0806. The molecule has 7 heteroatoms. The summed E-state index contributed by atoms with van der Waals surface area (Å²) in [6, 6.07) is 0.263. The van der Waals surface area contributed by atoms with Gasteiger partial charge >= 0.3 is 0 Å². The number of aromatic nitrogens is 2. The van der Waals surface area contributed by atoms with Crippen LogP contribution in [-0.2, 0) is 11.3 Å². The van der Waals surface area contributed by atoms with Crippen molar-refractivity contribution in [3.05, 3.63) is 21.0 Å². The number of hydrogen-bond acceptors (Lipinski definition) is 5. The van der Waals surface area contributed by atoms with Crippen LogP contribution in [0.1, 0.15) is 13.3 Å². The molecule has 1 aromatic heterocycles. The summed E-state index contributed by atoms with van der Waals surface area (Å²) >= 11 is 3.34. The molecule has 2 rings (SSSR count). The number of morpholine rings is 1. The van der Waals surface area contributed by atoms with Gasteiger partial charge in [0.05, 0.1) is 25.1 Å². The van der Waals surface area contributed by atoms with E-state index in [-0.39, 0.29) is 11.6 Å². The molecule has 2 heterocycles. The summed E-state index contributed by atoms with van der Waals surface area (Å²) in [4.78, 5) is 12.0. The van der Waals surface area contributed by atoms with Crippen molar-refractivity contribution in [2.24, 2.45) is 0 Å². The van der Waals surface area contributed by atoms with Gasteiger partial charge in [0.1, 0.15) is 4.47 Å². The van der Waals surface area contributed by atoms with Crippen molar-refractivity contribution in [1.29, 1.82) is 0 Å². The molecule has 1 aliphatic heterocycles. The normalized spacial score (nSPS) is 19.4. The van der Waals surface area contributed by atoms with Gasteiger partial charge < -0.3 is 15.4 Å². The Labute approximate surface area is 120 Å². The summed E-state index contributed by atoms with van der Waals surface area (Å²) in [7, 11) is 0. The van der Waals surface area contributed by atoms with Crippen molar-refractivity contribution >= 4 is 21.6 Å². The average molecular weight is 331 g/mol. The van der Waals surface area contributed by atoms with Crippen LogP contribution in [0.15, 0.2) is 15.5 Å². The van der Waals surface area contributed by atoms with Crippen LogP contribution in [0, 0.1) is 0 Å². The maximum Gasteiger partial charge on any atom is 0.283 e. The fraction of sp³-hybridized carbons (Fsp3) is 0.667. The molecular weight excluding hydrogens is 312 g/mol. The summed E-state index contributed by atoms with van der Waals surface area (Å²) in [5.41, 5.74) is 0.629. The highest BCUT2D eigenvalue weighted by atomic mass is 79.9. The van der Waals surface area contributed by atoms with Crippen LogP contribution >= 0.6 is 15.9 Å². The topological polar surface area (TPSA) is 68.2 Å². The average Bonchev–Trinajstić information content (AvgIpc) is 2.44. The highest BCUT2D eigenvalue weighted by Gasteiger charge is 2.14. The third-order valence-corrected chi connectivity index (χ3v) is 3.72. The molecule has 0 saturated carbocycles. The van der Waals surface area contributed by atoms with Gasteiger partial charge in [0.25, 0.3) is 5.56 Å². The summed E-state index contributed by atoms with van der Waals surface area (Å²) in [6.07, 6.45) is 2.57. The molecule has 0 spiro atoms. The fourth-order valence-electron chi connectivity index (χ4n) is 1.94. The lowest BCUT2D eigenvalue weighted by Crippen LogP contribution is -2.45. The number of hydrogen-bond donors (Lipinski definition) is 2. The van der Waals surface area contributed by atoms with Gasteiger partial charge in [-0.05, 0) is 22.4 Å². The Bertz CT molecular complexity index is 471. The van der Waals surface area contributed by atoms with Crippen molar-refractivity contribution in [3.63, 3.8) is 0 Å². The van der Waals surface area contributed by atoms with Gasteiger partial charge in [-0.3, -0.25) is 4.79 Å². The van der Waals surface area contributed by atoms with Crippen molar-refractivity contribution in [3.8, 4) is 0 Å². The molecule has 1 saturated heterocycles. The highest BCUT2D eigenvalue weighted by Crippen LogP contribution is 2.16. The predicted octanol–water partition coefficient (Wildman–Crippen LogP) is 0.816. The van der Waals surface area contributed by atoms with Crippen LogP contribution in [0.2, 0.25) is 0 Å². The van der Waals surface area contributed by atoms with E-state index in [2.05, 4.69) is 31.7 Å². The van der Waals surface area contributed by atoms with E-state index in [4.69, 9.17) is 4.74 Å². The maximum absolute atomic E-state index is 12.0. The minimum Gasteiger partial charge on any atom is -0.381 e. The minimum atomic E-state index is -0.0975. The standard InChI is InChI=1S/C12H19BrN4O2/c1-2-4-17-12(18)11(13)10(7-16-17)15-6-9-8-19-5-3-14-9/h7,9,14-15H,2-6,8H2,1H3. The summed E-state index contributed by atoms with van der Waals surface area (Å²) in [5.74, 6) is 0. The summed E-state index contributed by atoms with van der Waals surface area (Å²) in [6.45, 7) is 5.67. The Balaban J connectivity index is 2.00. The second-order valence-corrected chi connectivity index (χ2v) is 5.30. The number of aryl methyl sites for hydroxylation is 1. The van der Waals surface area contributed by atoms with Crippen LogP contribution in [0.25, 0.3) is 0 Å². The van der Waals surface area contributed by atoms with Gasteiger partial charge in [0.2, 0.25) is 0 Å². The molecule has 0 aromatic carbocycles. The van der Waals surface area contributed by atoms with Gasteiger partial charge in [-0.2, -0.15) is 5.10 Å². The Hall–Kier alpha value is -0.920. The third-order valence-electron chi connectivity index (χ3n) is 2.96. The Morgan fingerprint density at radius 1 is 1.68 bits per heavy atom. The van der Waals surface area contributed by atoms with E-state index in [0.29, 0.717) is 24.2 Å². The zero-order chi connectivity index (χ0) is 13.7. The smallest absolute Gasteiger partial charge is 0.283 e. The van der Waals surface area contributed by atoms with Crippen molar-refractivity contribution in [2.75, 3.05) is 31.6 Å². The number of nitrogens with zero attached hydrogens (tertiary/aromatic N) is 2. The fourth-order valence-corrected chi connectivity index (χ4v) is 2.39. The van der Waals surface area contributed by atoms with Gasteiger partial charge in [0.15, 0.2) is 0 Å². The molecule has 0 radical (unpaired) electrons. The van der Waals surface area contributed by atoms with E-state index in [9.17, 15) is 4.79 Å². The van der Waals surface area contributed by atoms with E-state index in [1.165, 1.54) is 4.68 Å². The molecular formula is C12H19BrN4O2. The van der Waals surface area contributed by atoms with Crippen LogP contribution in [-0.4, -0.2) is 42.1 Å². The Morgan fingerprint density at radius 3 is 3.21 bits per heavy atom. The highest BCUT2D eigenvalue weighted by molar-refractivity contribution is 9.10. The molecule has 19 heavy (non-hydrogen) atoms. The molecule has 1 aliphatic rings. The van der Waals surface area contributed by atoms with Crippen LogP contribution in [0.4, 0.5) is 5.69 Å². The number of anilines is 1. The van der Waals surface area contributed by atoms with E-state index in [1.54, 1.807) is 6.20 Å². The van der Waals surface area contributed by atoms with E-state index < -0.39 is 0 Å². The molecule has 6 nitrogen and oxygen atoms in total. The lowest BCUT2D eigenvalue weighted by Gasteiger charge is -2.24. The third kappa shape index (κ3) is 3.77. The van der Waals surface area contributed by atoms with Crippen molar-refractivity contribution in [1.82, 2.24) is 15.1 Å². The number of halogens is 1. The molecule has 106 valence electrons. The largest absolute Gasteiger partial charge is 0.381 e. The monoisotopic (exact) mass is 330 g/mol. The van der Waals surface area contributed by atoms with Crippen LogP contribution in [0.5, 0.6) is 0 Å². The number of nitrogens with one attached hydrogen (secondary N) is 2. The summed E-state index contributed by atoms with van der Waals surface area (Å²) < 4.78 is 7.38. The van der Waals surface area contributed by atoms with E-state index in [0.717, 1.165) is 25.3 Å². The molecule has 0 aliphatic carbocycles. The van der Waals surface area contributed by atoms with E-state index in [1.807, 2.05) is 6.92 Å². The first-order valence-corrected chi connectivity index (χ1v) is 7.32. The molecule has 1 fully saturated rings. The first-order chi connectivity index (χ1) is 9.22. The van der Waals surface area contributed by atoms with Crippen LogP contribution in [0.3, 0.4) is 0 Å². The molecule has 1 aromatic rings. The molecule has 0 bridgehead atoms. The quantitative estimate of drug-likeness (QED) is 0.836. The lowest BCUT2D eigenvalue weighted by atomic mass is 10.2.